The van der Waals surface area contributed by atoms with Crippen LogP contribution in [0.5, 0.6) is 0 Å². The van der Waals surface area contributed by atoms with Gasteiger partial charge in [0.2, 0.25) is 5.91 Å². The number of carbonyl (C=O) groups excluding carboxylic acids is 1. The van der Waals surface area contributed by atoms with Crippen molar-refractivity contribution >= 4 is 37.4 Å². The van der Waals surface area contributed by atoms with Crippen LogP contribution < -0.4 is 11.1 Å². The maximum absolute atomic E-state index is 12.4. The first-order valence-corrected chi connectivity index (χ1v) is 7.77. The standard InChI is InChI=1S/C11H13BrN2O3S/c1-6-4-7(12)10-9(5-6)18(16,17)8(2-3-13)11(15)14-10/h4-5,8H,2-3,13H2,1H3,(H,14,15). The third-order valence-corrected chi connectivity index (χ3v) is 5.61. The Morgan fingerprint density at radius 3 is 2.72 bits per heavy atom. The van der Waals surface area contributed by atoms with E-state index in [1.54, 1.807) is 19.1 Å². The minimum atomic E-state index is -3.66. The first kappa shape index (κ1) is 13.5. The number of benzene rings is 1. The van der Waals surface area contributed by atoms with Crippen molar-refractivity contribution in [2.24, 2.45) is 5.73 Å². The molecule has 1 heterocycles. The molecule has 98 valence electrons. The van der Waals surface area contributed by atoms with Gasteiger partial charge in [0.1, 0.15) is 5.25 Å². The SMILES string of the molecule is Cc1cc(Br)c2c(c1)S(=O)(=O)C(CCN)C(=O)N2. The lowest BCUT2D eigenvalue weighted by Gasteiger charge is -2.25. The number of amides is 1. The molecule has 3 N–H and O–H groups in total. The molecule has 0 spiro atoms. The number of aryl methyl sites for hydroxylation is 1. The number of halogens is 1. The van der Waals surface area contributed by atoms with Gasteiger partial charge in [-0.3, -0.25) is 4.79 Å². The Labute approximate surface area is 114 Å². The zero-order valence-electron chi connectivity index (χ0n) is 9.73. The van der Waals surface area contributed by atoms with E-state index >= 15 is 0 Å². The monoisotopic (exact) mass is 332 g/mol. The predicted molar refractivity (Wildman–Crippen MR) is 72.2 cm³/mol. The normalized spacial score (nSPS) is 21.3. The predicted octanol–water partition coefficient (Wildman–Crippen LogP) is 1.20. The van der Waals surface area contributed by atoms with Gasteiger partial charge in [-0.2, -0.15) is 0 Å². The highest BCUT2D eigenvalue weighted by Gasteiger charge is 2.40. The lowest BCUT2D eigenvalue weighted by molar-refractivity contribution is -0.116. The van der Waals surface area contributed by atoms with Gasteiger partial charge in [0.15, 0.2) is 9.84 Å². The molecule has 0 aliphatic carbocycles. The second kappa shape index (κ2) is 4.64. The molecule has 2 rings (SSSR count). The summed E-state index contributed by atoms with van der Waals surface area (Å²) in [4.78, 5) is 12.0. The number of sulfone groups is 1. The summed E-state index contributed by atoms with van der Waals surface area (Å²) in [6.45, 7) is 1.95. The molecular weight excluding hydrogens is 320 g/mol. The van der Waals surface area contributed by atoms with E-state index in [1.165, 1.54) is 0 Å². The molecule has 1 amide bonds. The van der Waals surface area contributed by atoms with Crippen molar-refractivity contribution in [1.29, 1.82) is 0 Å². The molecule has 1 aromatic rings. The second-order valence-corrected chi connectivity index (χ2v) is 7.17. The average molecular weight is 333 g/mol. The van der Waals surface area contributed by atoms with E-state index in [9.17, 15) is 13.2 Å². The molecular formula is C11H13BrN2O3S. The summed E-state index contributed by atoms with van der Waals surface area (Å²) in [7, 11) is -3.66. The van der Waals surface area contributed by atoms with Crippen LogP contribution in [0.3, 0.4) is 0 Å². The molecule has 1 aliphatic heterocycles. The van der Waals surface area contributed by atoms with E-state index in [4.69, 9.17) is 5.73 Å². The van der Waals surface area contributed by atoms with Gasteiger partial charge in [0.05, 0.1) is 10.6 Å². The zero-order valence-corrected chi connectivity index (χ0v) is 12.1. The van der Waals surface area contributed by atoms with Gasteiger partial charge in [0, 0.05) is 4.47 Å². The summed E-state index contributed by atoms with van der Waals surface area (Å²) in [5.41, 5.74) is 6.50. The Morgan fingerprint density at radius 2 is 2.11 bits per heavy atom. The molecule has 0 fully saturated rings. The molecule has 5 nitrogen and oxygen atoms in total. The van der Waals surface area contributed by atoms with Crippen LogP contribution in [0.2, 0.25) is 0 Å². The van der Waals surface area contributed by atoms with E-state index < -0.39 is 21.0 Å². The number of anilines is 1. The van der Waals surface area contributed by atoms with Crippen LogP contribution >= 0.6 is 15.9 Å². The maximum Gasteiger partial charge on any atom is 0.243 e. The molecule has 0 radical (unpaired) electrons. The fourth-order valence-corrected chi connectivity index (χ4v) is 4.69. The van der Waals surface area contributed by atoms with E-state index in [0.717, 1.165) is 5.56 Å². The summed E-state index contributed by atoms with van der Waals surface area (Å²) < 4.78 is 25.3. The molecule has 0 saturated heterocycles. The lowest BCUT2D eigenvalue weighted by Crippen LogP contribution is -2.41. The third-order valence-electron chi connectivity index (χ3n) is 2.85. The first-order valence-electron chi connectivity index (χ1n) is 5.43. The molecule has 0 saturated carbocycles. The van der Waals surface area contributed by atoms with Crippen LogP contribution in [0, 0.1) is 6.92 Å². The minimum absolute atomic E-state index is 0.124. The van der Waals surface area contributed by atoms with E-state index in [1.807, 2.05) is 0 Å². The number of rotatable bonds is 2. The third kappa shape index (κ3) is 2.06. The van der Waals surface area contributed by atoms with Gasteiger partial charge in [-0.05, 0) is 53.5 Å². The van der Waals surface area contributed by atoms with Crippen molar-refractivity contribution in [3.63, 3.8) is 0 Å². The van der Waals surface area contributed by atoms with Crippen LogP contribution in [-0.2, 0) is 14.6 Å². The second-order valence-electron chi connectivity index (χ2n) is 4.22. The number of nitrogens with one attached hydrogen (secondary N) is 1. The Balaban J connectivity index is 2.67. The molecule has 1 aliphatic rings. The number of hydrogen-bond donors (Lipinski definition) is 2. The van der Waals surface area contributed by atoms with Gasteiger partial charge in [0.25, 0.3) is 0 Å². The van der Waals surface area contributed by atoms with Crippen molar-refractivity contribution in [2.75, 3.05) is 11.9 Å². The fourth-order valence-electron chi connectivity index (χ4n) is 1.99. The number of nitrogens with two attached hydrogens (primary N) is 1. The van der Waals surface area contributed by atoms with Crippen molar-refractivity contribution in [3.05, 3.63) is 22.2 Å². The quantitative estimate of drug-likeness (QED) is 0.851. The molecule has 0 aromatic heterocycles. The maximum atomic E-state index is 12.4. The molecule has 0 bridgehead atoms. The molecule has 1 atom stereocenters. The van der Waals surface area contributed by atoms with Gasteiger partial charge < -0.3 is 11.1 Å². The number of hydrogen-bond acceptors (Lipinski definition) is 4. The van der Waals surface area contributed by atoms with Gasteiger partial charge in [-0.25, -0.2) is 8.42 Å². The highest BCUT2D eigenvalue weighted by atomic mass is 79.9. The van der Waals surface area contributed by atoms with Crippen LogP contribution in [0.1, 0.15) is 12.0 Å². The van der Waals surface area contributed by atoms with Crippen LogP contribution in [0.25, 0.3) is 0 Å². The molecule has 7 heteroatoms. The lowest BCUT2D eigenvalue weighted by atomic mass is 10.2. The molecule has 18 heavy (non-hydrogen) atoms. The van der Waals surface area contributed by atoms with E-state index in [0.29, 0.717) is 10.2 Å². The Bertz CT molecular complexity index is 613. The van der Waals surface area contributed by atoms with Crippen LogP contribution in [0.4, 0.5) is 5.69 Å². The average Bonchev–Trinajstić information content (AvgIpc) is 2.26. The van der Waals surface area contributed by atoms with Crippen molar-refractivity contribution in [3.8, 4) is 0 Å². The zero-order chi connectivity index (χ0) is 13.5. The summed E-state index contributed by atoms with van der Waals surface area (Å²) in [6.07, 6.45) is 0.124. The van der Waals surface area contributed by atoms with Gasteiger partial charge in [-0.15, -0.1) is 0 Å². The largest absolute Gasteiger partial charge is 0.330 e. The molecule has 1 aromatic carbocycles. The summed E-state index contributed by atoms with van der Waals surface area (Å²) >= 11 is 3.27. The Hall–Kier alpha value is -0.920. The number of carbonyl (C=O) groups is 1. The minimum Gasteiger partial charge on any atom is -0.330 e. The van der Waals surface area contributed by atoms with Gasteiger partial charge in [-0.1, -0.05) is 0 Å². The van der Waals surface area contributed by atoms with Crippen molar-refractivity contribution in [2.45, 2.75) is 23.5 Å². The number of fused-ring (bicyclic) bond motifs is 1. The Morgan fingerprint density at radius 1 is 1.44 bits per heavy atom. The van der Waals surface area contributed by atoms with Crippen molar-refractivity contribution in [1.82, 2.24) is 0 Å². The summed E-state index contributed by atoms with van der Waals surface area (Å²) in [5, 5.41) is 1.53. The summed E-state index contributed by atoms with van der Waals surface area (Å²) in [6, 6.07) is 3.33. The fraction of sp³-hybridized carbons (Fsp3) is 0.364. The highest BCUT2D eigenvalue weighted by molar-refractivity contribution is 9.10. The first-order chi connectivity index (χ1) is 8.37. The molecule has 1 unspecified atom stereocenters. The van der Waals surface area contributed by atoms with Crippen LogP contribution in [-0.4, -0.2) is 26.1 Å². The van der Waals surface area contributed by atoms with E-state index in [-0.39, 0.29) is 17.9 Å². The topological polar surface area (TPSA) is 89.3 Å². The van der Waals surface area contributed by atoms with Crippen LogP contribution in [0.15, 0.2) is 21.5 Å². The van der Waals surface area contributed by atoms with Gasteiger partial charge >= 0.3 is 0 Å². The Kier molecular flexibility index (Phi) is 3.48. The van der Waals surface area contributed by atoms with Crippen molar-refractivity contribution < 1.29 is 13.2 Å². The highest BCUT2D eigenvalue weighted by Crippen LogP contribution is 2.37. The smallest absolute Gasteiger partial charge is 0.243 e. The summed E-state index contributed by atoms with van der Waals surface area (Å²) in [5.74, 6) is -0.516. The van der Waals surface area contributed by atoms with E-state index in [2.05, 4.69) is 21.2 Å².